The number of benzene rings is 2. The number of nitrogens with one attached hydrogen (secondary N) is 2. The molecule has 0 radical (unpaired) electrons. The highest BCUT2D eigenvalue weighted by Crippen LogP contribution is 2.12. The maximum Gasteiger partial charge on any atom is 0.269 e. The lowest BCUT2D eigenvalue weighted by Gasteiger charge is -2.07. The van der Waals surface area contributed by atoms with E-state index in [-0.39, 0.29) is 17.6 Å². The maximum atomic E-state index is 11.8. The van der Waals surface area contributed by atoms with E-state index in [2.05, 4.69) is 10.9 Å². The smallest absolute Gasteiger partial charge is 0.269 e. The van der Waals surface area contributed by atoms with Crippen molar-refractivity contribution in [3.8, 4) is 0 Å². The number of hydrazine groups is 1. The van der Waals surface area contributed by atoms with Crippen LogP contribution in [-0.2, 0) is 10.5 Å². The monoisotopic (exact) mass is 348 g/mol. The van der Waals surface area contributed by atoms with E-state index in [1.807, 2.05) is 31.2 Å². The van der Waals surface area contributed by atoms with Gasteiger partial charge in [-0.15, -0.1) is 11.8 Å². The molecule has 0 fully saturated rings. The SMILES string of the molecule is Cc1ccc(CSCC(=O)NNC(=O)c2ccc(Cl)cc2)cc1. The van der Waals surface area contributed by atoms with Crippen molar-refractivity contribution >= 4 is 35.2 Å². The van der Waals surface area contributed by atoms with Crippen LogP contribution in [0.2, 0.25) is 5.02 Å². The maximum absolute atomic E-state index is 11.8. The second kappa shape index (κ2) is 8.60. The van der Waals surface area contributed by atoms with E-state index in [9.17, 15) is 9.59 Å². The molecule has 6 heteroatoms. The molecule has 0 bridgehead atoms. The number of carbonyl (C=O) groups is 2. The Balaban J connectivity index is 1.69. The van der Waals surface area contributed by atoms with Gasteiger partial charge in [0.2, 0.25) is 5.91 Å². The summed E-state index contributed by atoms with van der Waals surface area (Å²) in [5.41, 5.74) is 7.59. The van der Waals surface area contributed by atoms with Gasteiger partial charge >= 0.3 is 0 Å². The van der Waals surface area contributed by atoms with E-state index in [4.69, 9.17) is 11.6 Å². The van der Waals surface area contributed by atoms with E-state index < -0.39 is 0 Å². The highest BCUT2D eigenvalue weighted by molar-refractivity contribution is 7.99. The Kier molecular flexibility index (Phi) is 6.50. The molecular formula is C17H17ClN2O2S. The van der Waals surface area contributed by atoms with Gasteiger partial charge in [0.15, 0.2) is 0 Å². The number of aryl methyl sites for hydroxylation is 1. The Labute approximate surface area is 144 Å². The van der Waals surface area contributed by atoms with Gasteiger partial charge in [0, 0.05) is 16.3 Å². The number of carbonyl (C=O) groups excluding carboxylic acids is 2. The van der Waals surface area contributed by atoms with Crippen LogP contribution in [-0.4, -0.2) is 17.6 Å². The van der Waals surface area contributed by atoms with Gasteiger partial charge in [-0.3, -0.25) is 20.4 Å². The van der Waals surface area contributed by atoms with E-state index in [1.54, 1.807) is 24.3 Å². The number of thioether (sulfide) groups is 1. The molecule has 0 aliphatic heterocycles. The number of amides is 2. The molecule has 0 aliphatic rings. The molecule has 2 N–H and O–H groups in total. The topological polar surface area (TPSA) is 58.2 Å². The van der Waals surface area contributed by atoms with Gasteiger partial charge in [-0.2, -0.15) is 0 Å². The second-order valence-corrected chi connectivity index (χ2v) is 6.41. The average Bonchev–Trinajstić information content (AvgIpc) is 2.55. The van der Waals surface area contributed by atoms with Crippen LogP contribution in [0.25, 0.3) is 0 Å². The summed E-state index contributed by atoms with van der Waals surface area (Å²) in [5.74, 6) is 0.399. The molecule has 0 spiro atoms. The molecule has 4 nitrogen and oxygen atoms in total. The number of halogens is 1. The first-order valence-corrected chi connectivity index (χ1v) is 8.56. The van der Waals surface area contributed by atoms with Crippen LogP contribution in [0, 0.1) is 6.92 Å². The zero-order valence-electron chi connectivity index (χ0n) is 12.6. The van der Waals surface area contributed by atoms with E-state index in [1.165, 1.54) is 22.9 Å². The Morgan fingerprint density at radius 1 is 1.00 bits per heavy atom. The van der Waals surface area contributed by atoms with Crippen LogP contribution in [0.3, 0.4) is 0 Å². The number of hydrogen-bond donors (Lipinski definition) is 2. The van der Waals surface area contributed by atoms with Gasteiger partial charge in [0.05, 0.1) is 5.75 Å². The van der Waals surface area contributed by atoms with Gasteiger partial charge < -0.3 is 0 Å². The third-order valence-electron chi connectivity index (χ3n) is 3.04. The fourth-order valence-electron chi connectivity index (χ4n) is 1.78. The zero-order valence-corrected chi connectivity index (χ0v) is 14.2. The largest absolute Gasteiger partial charge is 0.272 e. The molecule has 0 heterocycles. The first kappa shape index (κ1) is 17.4. The minimum atomic E-state index is -0.376. The van der Waals surface area contributed by atoms with Crippen LogP contribution in [0.5, 0.6) is 0 Å². The Morgan fingerprint density at radius 2 is 1.65 bits per heavy atom. The van der Waals surface area contributed by atoms with Gasteiger partial charge in [-0.05, 0) is 36.8 Å². The predicted octanol–water partition coefficient (Wildman–Crippen LogP) is 3.34. The Morgan fingerprint density at radius 3 is 2.30 bits per heavy atom. The van der Waals surface area contributed by atoms with Crippen molar-refractivity contribution in [1.29, 1.82) is 0 Å². The number of hydrogen-bond acceptors (Lipinski definition) is 3. The zero-order chi connectivity index (χ0) is 16.7. The Hall–Kier alpha value is -1.98. The summed E-state index contributed by atoms with van der Waals surface area (Å²) < 4.78 is 0. The van der Waals surface area contributed by atoms with E-state index >= 15 is 0 Å². The molecule has 23 heavy (non-hydrogen) atoms. The normalized spacial score (nSPS) is 10.2. The first-order chi connectivity index (χ1) is 11.0. The third kappa shape index (κ3) is 5.96. The van der Waals surface area contributed by atoms with Gasteiger partial charge in [-0.1, -0.05) is 41.4 Å². The molecule has 120 valence electrons. The molecule has 2 amide bonds. The molecule has 0 saturated heterocycles. The van der Waals surface area contributed by atoms with Gasteiger partial charge in [0.1, 0.15) is 0 Å². The van der Waals surface area contributed by atoms with Crippen molar-refractivity contribution in [1.82, 2.24) is 10.9 Å². The quantitative estimate of drug-likeness (QED) is 0.815. The molecular weight excluding hydrogens is 332 g/mol. The summed E-state index contributed by atoms with van der Waals surface area (Å²) in [6, 6.07) is 14.6. The lowest BCUT2D eigenvalue weighted by Crippen LogP contribution is -2.42. The van der Waals surface area contributed by atoms with Crippen molar-refractivity contribution in [2.45, 2.75) is 12.7 Å². The van der Waals surface area contributed by atoms with E-state index in [0.29, 0.717) is 10.6 Å². The first-order valence-electron chi connectivity index (χ1n) is 7.02. The predicted molar refractivity (Wildman–Crippen MR) is 94.4 cm³/mol. The molecule has 0 unspecified atom stereocenters. The molecule has 0 aromatic heterocycles. The highest BCUT2D eigenvalue weighted by Gasteiger charge is 2.07. The molecule has 0 atom stereocenters. The highest BCUT2D eigenvalue weighted by atomic mass is 35.5. The molecule has 2 aromatic rings. The molecule has 0 saturated carbocycles. The van der Waals surface area contributed by atoms with Crippen molar-refractivity contribution in [3.63, 3.8) is 0 Å². The van der Waals surface area contributed by atoms with Crippen molar-refractivity contribution < 1.29 is 9.59 Å². The second-order valence-electron chi connectivity index (χ2n) is 4.99. The van der Waals surface area contributed by atoms with Crippen LogP contribution < -0.4 is 10.9 Å². The average molecular weight is 349 g/mol. The summed E-state index contributed by atoms with van der Waals surface area (Å²) in [6.45, 7) is 2.04. The fourth-order valence-corrected chi connectivity index (χ4v) is 2.70. The van der Waals surface area contributed by atoms with Crippen LogP contribution in [0.4, 0.5) is 0 Å². The van der Waals surface area contributed by atoms with Crippen LogP contribution >= 0.6 is 23.4 Å². The summed E-state index contributed by atoms with van der Waals surface area (Å²) in [5, 5.41) is 0.554. The minimum absolute atomic E-state index is 0.246. The summed E-state index contributed by atoms with van der Waals surface area (Å²) in [7, 11) is 0. The van der Waals surface area contributed by atoms with Crippen molar-refractivity contribution in [2.24, 2.45) is 0 Å². The van der Waals surface area contributed by atoms with E-state index in [0.717, 1.165) is 5.75 Å². The summed E-state index contributed by atoms with van der Waals surface area (Å²) >= 11 is 7.24. The third-order valence-corrected chi connectivity index (χ3v) is 4.30. The molecule has 2 aromatic carbocycles. The number of rotatable bonds is 5. The fraction of sp³-hybridized carbons (Fsp3) is 0.176. The Bertz CT molecular complexity index is 672. The lowest BCUT2D eigenvalue weighted by atomic mass is 10.2. The lowest BCUT2D eigenvalue weighted by molar-refractivity contribution is -0.119. The molecule has 0 aliphatic carbocycles. The van der Waals surface area contributed by atoms with Crippen LogP contribution in [0.15, 0.2) is 48.5 Å². The van der Waals surface area contributed by atoms with Gasteiger partial charge in [0.25, 0.3) is 5.91 Å². The van der Waals surface area contributed by atoms with Crippen molar-refractivity contribution in [3.05, 3.63) is 70.2 Å². The summed E-state index contributed by atoms with van der Waals surface area (Å²) in [4.78, 5) is 23.5. The van der Waals surface area contributed by atoms with Gasteiger partial charge in [-0.25, -0.2) is 0 Å². The van der Waals surface area contributed by atoms with Crippen LogP contribution in [0.1, 0.15) is 21.5 Å². The van der Waals surface area contributed by atoms with Crippen molar-refractivity contribution in [2.75, 3.05) is 5.75 Å². The summed E-state index contributed by atoms with van der Waals surface area (Å²) in [6.07, 6.45) is 0. The minimum Gasteiger partial charge on any atom is -0.272 e. The standard InChI is InChI=1S/C17H17ClN2O2S/c1-12-2-4-13(5-3-12)10-23-11-16(21)19-20-17(22)14-6-8-15(18)9-7-14/h2-9H,10-11H2,1H3,(H,19,21)(H,20,22). The molecule has 2 rings (SSSR count).